The number of aryl methyl sites for hydroxylation is 1. The molecule has 0 radical (unpaired) electrons. The number of carbonyl (C=O) groups is 2. The van der Waals surface area contributed by atoms with Gasteiger partial charge in [-0.3, -0.25) is 9.58 Å². The van der Waals surface area contributed by atoms with Gasteiger partial charge in [0.15, 0.2) is 6.04 Å². The van der Waals surface area contributed by atoms with Crippen molar-refractivity contribution in [1.29, 1.82) is 0 Å². The number of nitrogens with zero attached hydrogens (tertiary/aromatic N) is 3. The lowest BCUT2D eigenvalue weighted by Crippen LogP contribution is -2.42. The Balaban J connectivity index is 3.06. The standard InChI is InChI=1S/C14H23N3O4/c1-6-16-9-10(8-15-16)11(12(18)19)17(7-2)13(20)21-14(3,4)5/h8-9,11H,6-7H2,1-5H3,(H,18,19). The number of carboxylic acid groups (broad SMARTS) is 1. The second-order valence-electron chi connectivity index (χ2n) is 5.64. The van der Waals surface area contributed by atoms with Crippen molar-refractivity contribution in [3.05, 3.63) is 18.0 Å². The van der Waals surface area contributed by atoms with E-state index >= 15 is 0 Å². The molecule has 0 bridgehead atoms. The molecule has 1 N–H and O–H groups in total. The Morgan fingerprint density at radius 2 is 2.05 bits per heavy atom. The molecule has 0 saturated heterocycles. The highest BCUT2D eigenvalue weighted by molar-refractivity contribution is 5.81. The maximum Gasteiger partial charge on any atom is 0.411 e. The summed E-state index contributed by atoms with van der Waals surface area (Å²) in [5.41, 5.74) is -0.224. The highest BCUT2D eigenvalue weighted by atomic mass is 16.6. The van der Waals surface area contributed by atoms with Gasteiger partial charge in [0.05, 0.1) is 6.20 Å². The van der Waals surface area contributed by atoms with Crippen LogP contribution in [0.1, 0.15) is 46.2 Å². The molecule has 118 valence electrons. The Morgan fingerprint density at radius 3 is 2.43 bits per heavy atom. The summed E-state index contributed by atoms with van der Waals surface area (Å²) in [5.74, 6) is -1.11. The minimum absolute atomic E-state index is 0.225. The predicted molar refractivity (Wildman–Crippen MR) is 76.9 cm³/mol. The summed E-state index contributed by atoms with van der Waals surface area (Å²) < 4.78 is 6.89. The van der Waals surface area contributed by atoms with Gasteiger partial charge >= 0.3 is 12.1 Å². The normalized spacial score (nSPS) is 12.8. The fraction of sp³-hybridized carbons (Fsp3) is 0.643. The fourth-order valence-corrected chi connectivity index (χ4v) is 1.89. The van der Waals surface area contributed by atoms with E-state index in [2.05, 4.69) is 5.10 Å². The van der Waals surface area contributed by atoms with Gasteiger partial charge in [-0.25, -0.2) is 9.59 Å². The van der Waals surface area contributed by atoms with Gasteiger partial charge in [0.1, 0.15) is 5.60 Å². The maximum atomic E-state index is 12.2. The quantitative estimate of drug-likeness (QED) is 0.901. The molecule has 1 amide bonds. The third-order valence-electron chi connectivity index (χ3n) is 2.81. The lowest BCUT2D eigenvalue weighted by molar-refractivity contribution is -0.143. The van der Waals surface area contributed by atoms with Crippen molar-refractivity contribution >= 4 is 12.1 Å². The number of carboxylic acids is 1. The van der Waals surface area contributed by atoms with Crippen LogP contribution in [-0.2, 0) is 16.1 Å². The van der Waals surface area contributed by atoms with Crippen LogP contribution in [0.15, 0.2) is 12.4 Å². The fourth-order valence-electron chi connectivity index (χ4n) is 1.89. The number of rotatable bonds is 5. The van der Waals surface area contributed by atoms with Gasteiger partial charge in [-0.1, -0.05) is 0 Å². The zero-order valence-corrected chi connectivity index (χ0v) is 13.2. The summed E-state index contributed by atoms with van der Waals surface area (Å²) in [7, 11) is 0. The molecule has 1 atom stereocenters. The molecule has 1 unspecified atom stereocenters. The van der Waals surface area contributed by atoms with E-state index < -0.39 is 23.7 Å². The summed E-state index contributed by atoms with van der Waals surface area (Å²) >= 11 is 0. The van der Waals surface area contributed by atoms with Gasteiger partial charge in [-0.2, -0.15) is 5.10 Å². The van der Waals surface area contributed by atoms with Crippen LogP contribution in [0.2, 0.25) is 0 Å². The zero-order valence-electron chi connectivity index (χ0n) is 13.2. The highest BCUT2D eigenvalue weighted by Gasteiger charge is 2.34. The molecule has 0 aliphatic carbocycles. The van der Waals surface area contributed by atoms with Crippen LogP contribution in [0.25, 0.3) is 0 Å². The Hall–Kier alpha value is -2.05. The van der Waals surface area contributed by atoms with Crippen LogP contribution >= 0.6 is 0 Å². The molecule has 1 heterocycles. The molecule has 7 heteroatoms. The molecule has 1 aromatic heterocycles. The van der Waals surface area contributed by atoms with Gasteiger partial charge in [0.25, 0.3) is 0 Å². The highest BCUT2D eigenvalue weighted by Crippen LogP contribution is 2.23. The summed E-state index contributed by atoms with van der Waals surface area (Å²) in [5, 5.41) is 13.5. The summed E-state index contributed by atoms with van der Waals surface area (Å²) in [6.07, 6.45) is 2.45. The second-order valence-corrected chi connectivity index (χ2v) is 5.64. The van der Waals surface area contributed by atoms with Gasteiger partial charge < -0.3 is 9.84 Å². The van der Waals surface area contributed by atoms with Crippen LogP contribution in [0.3, 0.4) is 0 Å². The molecule has 1 aromatic rings. The van der Waals surface area contributed by atoms with E-state index in [1.165, 1.54) is 11.1 Å². The topological polar surface area (TPSA) is 84.7 Å². The second kappa shape index (κ2) is 6.60. The number of aliphatic carboxylic acids is 1. The minimum Gasteiger partial charge on any atom is -0.479 e. The molecule has 7 nitrogen and oxygen atoms in total. The van der Waals surface area contributed by atoms with E-state index in [0.29, 0.717) is 12.1 Å². The number of aromatic nitrogens is 2. The average Bonchev–Trinajstić information content (AvgIpc) is 2.80. The number of hydrogen-bond acceptors (Lipinski definition) is 4. The number of likely N-dealkylation sites (N-methyl/N-ethyl adjacent to an activating group) is 1. The Morgan fingerprint density at radius 1 is 1.43 bits per heavy atom. The number of amides is 1. The van der Waals surface area contributed by atoms with Crippen molar-refractivity contribution in [3.63, 3.8) is 0 Å². The van der Waals surface area contributed by atoms with E-state index in [9.17, 15) is 14.7 Å². The van der Waals surface area contributed by atoms with Crippen LogP contribution in [0.5, 0.6) is 0 Å². The first-order valence-electron chi connectivity index (χ1n) is 6.94. The van der Waals surface area contributed by atoms with E-state index in [1.54, 1.807) is 38.6 Å². The molecule has 1 rings (SSSR count). The third kappa shape index (κ3) is 4.47. The first-order chi connectivity index (χ1) is 9.69. The van der Waals surface area contributed by atoms with Gasteiger partial charge in [0, 0.05) is 24.8 Å². The molecular weight excluding hydrogens is 274 g/mol. The lowest BCUT2D eigenvalue weighted by Gasteiger charge is -2.30. The van der Waals surface area contributed by atoms with Crippen molar-refractivity contribution in [2.45, 2.75) is 52.8 Å². The maximum absolute atomic E-state index is 12.2. The molecule has 0 aliphatic heterocycles. The van der Waals surface area contributed by atoms with Crippen molar-refractivity contribution in [2.75, 3.05) is 6.54 Å². The van der Waals surface area contributed by atoms with E-state index in [1.807, 2.05) is 6.92 Å². The van der Waals surface area contributed by atoms with Crippen LogP contribution in [0, 0.1) is 0 Å². The SMILES string of the molecule is CCN(C(=O)OC(C)(C)C)C(C(=O)O)c1cnn(CC)c1. The van der Waals surface area contributed by atoms with Gasteiger partial charge in [-0.15, -0.1) is 0 Å². The van der Waals surface area contributed by atoms with Crippen LogP contribution in [0.4, 0.5) is 4.79 Å². The number of carbonyl (C=O) groups excluding carboxylic acids is 1. The van der Waals surface area contributed by atoms with Crippen molar-refractivity contribution < 1.29 is 19.4 Å². The largest absolute Gasteiger partial charge is 0.479 e. The predicted octanol–water partition coefficient (Wildman–Crippen LogP) is 2.29. The first-order valence-corrected chi connectivity index (χ1v) is 6.94. The lowest BCUT2D eigenvalue weighted by atomic mass is 10.1. The van der Waals surface area contributed by atoms with Crippen LogP contribution in [-0.4, -0.2) is 44.0 Å². The van der Waals surface area contributed by atoms with E-state index in [0.717, 1.165) is 0 Å². The Labute approximate surface area is 124 Å². The molecule has 0 fully saturated rings. The number of ether oxygens (including phenoxy) is 1. The Kier molecular flexibility index (Phi) is 5.34. The van der Waals surface area contributed by atoms with E-state index in [4.69, 9.17) is 4.74 Å². The molecule has 21 heavy (non-hydrogen) atoms. The van der Waals surface area contributed by atoms with Gasteiger partial charge in [0.2, 0.25) is 0 Å². The van der Waals surface area contributed by atoms with Crippen molar-refractivity contribution in [3.8, 4) is 0 Å². The first kappa shape index (κ1) is 17.0. The average molecular weight is 297 g/mol. The molecular formula is C14H23N3O4. The number of hydrogen-bond donors (Lipinski definition) is 1. The smallest absolute Gasteiger partial charge is 0.411 e. The Bertz CT molecular complexity index is 505. The van der Waals surface area contributed by atoms with Crippen LogP contribution < -0.4 is 0 Å². The minimum atomic E-state index is -1.11. The van der Waals surface area contributed by atoms with Gasteiger partial charge in [-0.05, 0) is 34.6 Å². The summed E-state index contributed by atoms with van der Waals surface area (Å²) in [6, 6.07) is -1.11. The molecule has 0 saturated carbocycles. The van der Waals surface area contributed by atoms with Crippen molar-refractivity contribution in [2.24, 2.45) is 0 Å². The van der Waals surface area contributed by atoms with E-state index in [-0.39, 0.29) is 6.54 Å². The summed E-state index contributed by atoms with van der Waals surface area (Å²) in [6.45, 7) is 9.69. The van der Waals surface area contributed by atoms with Crippen molar-refractivity contribution in [1.82, 2.24) is 14.7 Å². The third-order valence-corrected chi connectivity index (χ3v) is 2.81. The zero-order chi connectivity index (χ0) is 16.2. The molecule has 0 aromatic carbocycles. The molecule has 0 aliphatic rings. The molecule has 0 spiro atoms. The monoisotopic (exact) mass is 297 g/mol. The summed E-state index contributed by atoms with van der Waals surface area (Å²) in [4.78, 5) is 25.0.